The number of benzene rings is 1. The Kier molecular flexibility index (Phi) is 5.99. The summed E-state index contributed by atoms with van der Waals surface area (Å²) in [5, 5.41) is 10.7. The first kappa shape index (κ1) is 15.8. The molecule has 1 heterocycles. The van der Waals surface area contributed by atoms with Crippen molar-refractivity contribution in [2.45, 2.75) is 32.6 Å². The Morgan fingerprint density at radius 2 is 1.71 bits per heavy atom. The van der Waals surface area contributed by atoms with E-state index >= 15 is 0 Å². The summed E-state index contributed by atoms with van der Waals surface area (Å²) in [6.45, 7) is 7.63. The maximum absolute atomic E-state index is 10.7. The highest BCUT2D eigenvalue weighted by molar-refractivity contribution is 5.51. The lowest BCUT2D eigenvalue weighted by atomic mass is 10.2. The van der Waals surface area contributed by atoms with Crippen LogP contribution in [0.1, 0.15) is 32.6 Å². The van der Waals surface area contributed by atoms with Gasteiger partial charge in [-0.15, -0.1) is 0 Å². The van der Waals surface area contributed by atoms with Gasteiger partial charge in [0.25, 0.3) is 5.69 Å². The van der Waals surface area contributed by atoms with Crippen molar-refractivity contribution in [2.75, 3.05) is 37.6 Å². The molecule has 21 heavy (non-hydrogen) atoms. The van der Waals surface area contributed by atoms with E-state index in [9.17, 15) is 10.1 Å². The molecular weight excluding hydrogens is 266 g/mol. The number of rotatable bonds is 7. The van der Waals surface area contributed by atoms with Gasteiger partial charge < -0.3 is 4.90 Å². The highest BCUT2D eigenvalue weighted by Crippen LogP contribution is 2.20. The Hall–Kier alpha value is -1.62. The van der Waals surface area contributed by atoms with Gasteiger partial charge in [-0.1, -0.05) is 26.2 Å². The van der Waals surface area contributed by atoms with E-state index in [0.717, 1.165) is 31.9 Å². The molecule has 1 saturated heterocycles. The number of nitro benzene ring substituents is 1. The van der Waals surface area contributed by atoms with Gasteiger partial charge in [0.1, 0.15) is 0 Å². The minimum atomic E-state index is -0.349. The molecule has 0 aromatic heterocycles. The normalized spacial score (nSPS) is 16.1. The standard InChI is InChI=1S/C16H25N3O2/c1-2-3-4-5-10-17-11-13-18(14-12-17)15-6-8-16(9-7-15)19(20)21/h6-9H,2-5,10-14H2,1H3. The third-order valence-corrected chi connectivity index (χ3v) is 4.13. The molecule has 0 N–H and O–H groups in total. The Balaban J connectivity index is 1.76. The zero-order valence-corrected chi connectivity index (χ0v) is 12.8. The molecule has 1 fully saturated rings. The van der Waals surface area contributed by atoms with Crippen LogP contribution >= 0.6 is 0 Å². The number of anilines is 1. The Morgan fingerprint density at radius 3 is 2.29 bits per heavy atom. The van der Waals surface area contributed by atoms with Gasteiger partial charge in [0.15, 0.2) is 0 Å². The first-order valence-electron chi connectivity index (χ1n) is 7.92. The SMILES string of the molecule is CCCCCCN1CCN(c2ccc([N+](=O)[O-])cc2)CC1. The van der Waals surface area contributed by atoms with Crippen LogP contribution in [0.3, 0.4) is 0 Å². The summed E-state index contributed by atoms with van der Waals surface area (Å²) in [6.07, 6.45) is 5.25. The lowest BCUT2D eigenvalue weighted by molar-refractivity contribution is -0.384. The minimum absolute atomic E-state index is 0.160. The largest absolute Gasteiger partial charge is 0.369 e. The molecule has 0 bridgehead atoms. The van der Waals surface area contributed by atoms with Crippen molar-refractivity contribution in [1.29, 1.82) is 0 Å². The molecule has 0 spiro atoms. The second-order valence-corrected chi connectivity index (χ2v) is 5.66. The third kappa shape index (κ3) is 4.70. The third-order valence-electron chi connectivity index (χ3n) is 4.13. The van der Waals surface area contributed by atoms with Crippen LogP contribution < -0.4 is 4.90 Å². The average Bonchev–Trinajstić information content (AvgIpc) is 2.52. The fourth-order valence-corrected chi connectivity index (χ4v) is 2.78. The van der Waals surface area contributed by atoms with Gasteiger partial charge in [0.2, 0.25) is 0 Å². The molecule has 0 amide bonds. The number of non-ortho nitro benzene ring substituents is 1. The van der Waals surface area contributed by atoms with Crippen LogP contribution in [0.15, 0.2) is 24.3 Å². The quantitative estimate of drug-likeness (QED) is 0.439. The van der Waals surface area contributed by atoms with Gasteiger partial charge in [-0.2, -0.15) is 0 Å². The molecule has 0 saturated carbocycles. The first-order chi connectivity index (χ1) is 10.2. The van der Waals surface area contributed by atoms with Crippen LogP contribution in [0.25, 0.3) is 0 Å². The first-order valence-corrected chi connectivity index (χ1v) is 7.92. The monoisotopic (exact) mass is 291 g/mol. The molecule has 0 atom stereocenters. The molecule has 1 aromatic rings. The molecule has 1 aromatic carbocycles. The number of hydrogen-bond acceptors (Lipinski definition) is 4. The van der Waals surface area contributed by atoms with E-state index in [2.05, 4.69) is 16.7 Å². The van der Waals surface area contributed by atoms with Crippen molar-refractivity contribution in [3.05, 3.63) is 34.4 Å². The summed E-state index contributed by atoms with van der Waals surface area (Å²) in [5.74, 6) is 0. The van der Waals surface area contributed by atoms with E-state index in [1.807, 2.05) is 12.1 Å². The van der Waals surface area contributed by atoms with E-state index in [0.29, 0.717) is 0 Å². The minimum Gasteiger partial charge on any atom is -0.369 e. The highest BCUT2D eigenvalue weighted by Gasteiger charge is 2.17. The Morgan fingerprint density at radius 1 is 1.05 bits per heavy atom. The summed E-state index contributed by atoms with van der Waals surface area (Å²) in [4.78, 5) is 15.2. The second-order valence-electron chi connectivity index (χ2n) is 5.66. The molecule has 0 aliphatic carbocycles. The lowest BCUT2D eigenvalue weighted by Crippen LogP contribution is -2.46. The molecule has 0 radical (unpaired) electrons. The van der Waals surface area contributed by atoms with Gasteiger partial charge in [0, 0.05) is 44.0 Å². The summed E-state index contributed by atoms with van der Waals surface area (Å²) in [6, 6.07) is 6.89. The van der Waals surface area contributed by atoms with Gasteiger partial charge in [0.05, 0.1) is 4.92 Å². The van der Waals surface area contributed by atoms with E-state index in [-0.39, 0.29) is 10.6 Å². The Labute approximate surface area is 126 Å². The number of piperazine rings is 1. The summed E-state index contributed by atoms with van der Waals surface area (Å²) < 4.78 is 0. The molecule has 0 unspecified atom stereocenters. The maximum atomic E-state index is 10.7. The van der Waals surface area contributed by atoms with E-state index in [1.54, 1.807) is 12.1 Å². The number of nitro groups is 1. The van der Waals surface area contributed by atoms with Gasteiger partial charge in [-0.05, 0) is 25.1 Å². The van der Waals surface area contributed by atoms with Crippen LogP contribution in [-0.2, 0) is 0 Å². The second kappa shape index (κ2) is 7.98. The molecule has 1 aliphatic rings. The van der Waals surface area contributed by atoms with Crippen LogP contribution in [-0.4, -0.2) is 42.5 Å². The van der Waals surface area contributed by atoms with Crippen LogP contribution in [0.5, 0.6) is 0 Å². The van der Waals surface area contributed by atoms with Crippen molar-refractivity contribution in [2.24, 2.45) is 0 Å². The molecule has 116 valence electrons. The van der Waals surface area contributed by atoms with E-state index in [1.165, 1.54) is 32.2 Å². The van der Waals surface area contributed by atoms with Crippen molar-refractivity contribution in [3.63, 3.8) is 0 Å². The van der Waals surface area contributed by atoms with Crippen molar-refractivity contribution in [3.8, 4) is 0 Å². The molecule has 2 rings (SSSR count). The maximum Gasteiger partial charge on any atom is 0.269 e. The number of nitrogens with zero attached hydrogens (tertiary/aromatic N) is 3. The van der Waals surface area contributed by atoms with E-state index < -0.39 is 0 Å². The summed E-state index contributed by atoms with van der Waals surface area (Å²) >= 11 is 0. The fourth-order valence-electron chi connectivity index (χ4n) is 2.78. The summed E-state index contributed by atoms with van der Waals surface area (Å²) in [7, 11) is 0. The topological polar surface area (TPSA) is 49.6 Å². The smallest absolute Gasteiger partial charge is 0.269 e. The molecule has 5 heteroatoms. The Bertz CT molecular complexity index is 439. The van der Waals surface area contributed by atoms with Crippen molar-refractivity contribution >= 4 is 11.4 Å². The zero-order chi connectivity index (χ0) is 15.1. The molecular formula is C16H25N3O2. The summed E-state index contributed by atoms with van der Waals surface area (Å²) in [5.41, 5.74) is 1.25. The molecule has 1 aliphatic heterocycles. The highest BCUT2D eigenvalue weighted by atomic mass is 16.6. The predicted octanol–water partition coefficient (Wildman–Crippen LogP) is 3.30. The van der Waals surface area contributed by atoms with Gasteiger partial charge in [-0.3, -0.25) is 15.0 Å². The molecule has 5 nitrogen and oxygen atoms in total. The van der Waals surface area contributed by atoms with Gasteiger partial charge in [-0.25, -0.2) is 0 Å². The number of unbranched alkanes of at least 4 members (excludes halogenated alkanes) is 3. The van der Waals surface area contributed by atoms with Crippen molar-refractivity contribution < 1.29 is 4.92 Å². The van der Waals surface area contributed by atoms with Gasteiger partial charge >= 0.3 is 0 Å². The van der Waals surface area contributed by atoms with E-state index in [4.69, 9.17) is 0 Å². The fraction of sp³-hybridized carbons (Fsp3) is 0.625. The number of hydrogen-bond donors (Lipinski definition) is 0. The lowest BCUT2D eigenvalue weighted by Gasteiger charge is -2.36. The van der Waals surface area contributed by atoms with Crippen molar-refractivity contribution in [1.82, 2.24) is 4.90 Å². The van der Waals surface area contributed by atoms with Crippen LogP contribution in [0, 0.1) is 10.1 Å². The van der Waals surface area contributed by atoms with Crippen LogP contribution in [0.4, 0.5) is 11.4 Å². The van der Waals surface area contributed by atoms with Crippen LogP contribution in [0.2, 0.25) is 0 Å². The zero-order valence-electron chi connectivity index (χ0n) is 12.8. The average molecular weight is 291 g/mol. The predicted molar refractivity (Wildman–Crippen MR) is 85.9 cm³/mol.